The van der Waals surface area contributed by atoms with Crippen molar-refractivity contribution in [3.05, 3.63) is 30.5 Å². The monoisotopic (exact) mass is 217 g/mol. The van der Waals surface area contributed by atoms with Gasteiger partial charge in [-0.2, -0.15) is 0 Å². The van der Waals surface area contributed by atoms with Crippen LogP contribution in [0.1, 0.15) is 20.8 Å². The Labute approximate surface area is 96.9 Å². The molecule has 0 saturated heterocycles. The van der Waals surface area contributed by atoms with Crippen LogP contribution in [0.15, 0.2) is 34.9 Å². The zero-order valence-electron chi connectivity index (χ0n) is 10.2. The summed E-state index contributed by atoms with van der Waals surface area (Å²) in [6.45, 7) is 8.80. The van der Waals surface area contributed by atoms with Crippen molar-refractivity contribution in [2.75, 3.05) is 18.0 Å². The maximum Gasteiger partial charge on any atom is 0.135 e. The Morgan fingerprint density at radius 1 is 1.25 bits per heavy atom. The highest BCUT2D eigenvalue weighted by Crippen LogP contribution is 2.23. The predicted molar refractivity (Wildman–Crippen MR) is 68.9 cm³/mol. The zero-order chi connectivity index (χ0) is 11.5. The molecule has 2 nitrogen and oxygen atoms in total. The van der Waals surface area contributed by atoms with Gasteiger partial charge in [0, 0.05) is 30.2 Å². The molecular weight excluding hydrogens is 198 g/mol. The summed E-state index contributed by atoms with van der Waals surface area (Å²) in [4.78, 5) is 2.38. The van der Waals surface area contributed by atoms with Gasteiger partial charge in [0.1, 0.15) is 5.58 Å². The van der Waals surface area contributed by atoms with Gasteiger partial charge in [0.2, 0.25) is 0 Å². The van der Waals surface area contributed by atoms with E-state index >= 15 is 0 Å². The van der Waals surface area contributed by atoms with Crippen LogP contribution in [0.2, 0.25) is 0 Å². The molecule has 1 aromatic carbocycles. The highest BCUT2D eigenvalue weighted by Gasteiger charge is 2.07. The standard InChI is InChI=1S/C14H19NO/c1-4-15(10-11(2)3)13-6-5-12-7-8-16-14(12)9-13/h5-9,11H,4,10H2,1-3H3. The van der Waals surface area contributed by atoms with E-state index in [-0.39, 0.29) is 0 Å². The summed E-state index contributed by atoms with van der Waals surface area (Å²) in [5.41, 5.74) is 2.22. The van der Waals surface area contributed by atoms with E-state index in [2.05, 4.69) is 43.9 Å². The summed E-state index contributed by atoms with van der Waals surface area (Å²) in [5, 5.41) is 1.17. The first-order chi connectivity index (χ1) is 7.70. The van der Waals surface area contributed by atoms with Gasteiger partial charge < -0.3 is 9.32 Å². The fourth-order valence-electron chi connectivity index (χ4n) is 2.00. The Morgan fingerprint density at radius 3 is 2.75 bits per heavy atom. The first kappa shape index (κ1) is 11.1. The topological polar surface area (TPSA) is 16.4 Å². The van der Waals surface area contributed by atoms with E-state index in [1.54, 1.807) is 6.26 Å². The van der Waals surface area contributed by atoms with Gasteiger partial charge in [-0.25, -0.2) is 0 Å². The summed E-state index contributed by atoms with van der Waals surface area (Å²) in [7, 11) is 0. The van der Waals surface area contributed by atoms with Crippen molar-refractivity contribution in [2.45, 2.75) is 20.8 Å². The van der Waals surface area contributed by atoms with Gasteiger partial charge in [-0.15, -0.1) is 0 Å². The predicted octanol–water partition coefficient (Wildman–Crippen LogP) is 3.92. The molecule has 0 aliphatic rings. The molecule has 2 heteroatoms. The lowest BCUT2D eigenvalue weighted by molar-refractivity contribution is 0.610. The molecule has 0 radical (unpaired) electrons. The molecular formula is C14H19NO. The molecule has 0 aliphatic carbocycles. The Kier molecular flexibility index (Phi) is 3.18. The van der Waals surface area contributed by atoms with Gasteiger partial charge in [-0.1, -0.05) is 13.8 Å². The maximum absolute atomic E-state index is 5.43. The molecule has 0 atom stereocenters. The van der Waals surface area contributed by atoms with Crippen LogP contribution in [0.5, 0.6) is 0 Å². The Balaban J connectivity index is 2.29. The third kappa shape index (κ3) is 2.21. The quantitative estimate of drug-likeness (QED) is 0.772. The minimum atomic E-state index is 0.673. The fraction of sp³-hybridized carbons (Fsp3) is 0.429. The van der Waals surface area contributed by atoms with Crippen LogP contribution in [-0.4, -0.2) is 13.1 Å². The number of rotatable bonds is 4. The number of fused-ring (bicyclic) bond motifs is 1. The fourth-order valence-corrected chi connectivity index (χ4v) is 2.00. The largest absolute Gasteiger partial charge is 0.464 e. The number of benzene rings is 1. The molecule has 0 fully saturated rings. The smallest absolute Gasteiger partial charge is 0.135 e. The Bertz CT molecular complexity index is 458. The molecule has 0 amide bonds. The lowest BCUT2D eigenvalue weighted by Crippen LogP contribution is -2.26. The van der Waals surface area contributed by atoms with Crippen molar-refractivity contribution in [2.24, 2.45) is 5.92 Å². The first-order valence-electron chi connectivity index (χ1n) is 5.93. The SMILES string of the molecule is CCN(CC(C)C)c1ccc2ccoc2c1. The number of nitrogens with zero attached hydrogens (tertiary/aromatic N) is 1. The summed E-state index contributed by atoms with van der Waals surface area (Å²) in [5.74, 6) is 0.673. The average molecular weight is 217 g/mol. The Morgan fingerprint density at radius 2 is 2.06 bits per heavy atom. The lowest BCUT2D eigenvalue weighted by Gasteiger charge is -2.25. The molecule has 1 heterocycles. The van der Waals surface area contributed by atoms with Crippen molar-refractivity contribution in [1.82, 2.24) is 0 Å². The van der Waals surface area contributed by atoms with Crippen LogP contribution >= 0.6 is 0 Å². The third-order valence-corrected chi connectivity index (χ3v) is 2.77. The summed E-state index contributed by atoms with van der Waals surface area (Å²) >= 11 is 0. The van der Waals surface area contributed by atoms with E-state index < -0.39 is 0 Å². The van der Waals surface area contributed by atoms with Crippen molar-refractivity contribution < 1.29 is 4.42 Å². The molecule has 0 bridgehead atoms. The van der Waals surface area contributed by atoms with Crippen LogP contribution in [0.25, 0.3) is 11.0 Å². The average Bonchev–Trinajstić information content (AvgIpc) is 2.72. The number of hydrogen-bond acceptors (Lipinski definition) is 2. The molecule has 0 unspecified atom stereocenters. The second-order valence-corrected chi connectivity index (χ2v) is 4.58. The van der Waals surface area contributed by atoms with Crippen LogP contribution in [0.3, 0.4) is 0 Å². The van der Waals surface area contributed by atoms with Crippen molar-refractivity contribution in [1.29, 1.82) is 0 Å². The molecule has 16 heavy (non-hydrogen) atoms. The molecule has 0 spiro atoms. The lowest BCUT2D eigenvalue weighted by atomic mass is 10.1. The molecule has 0 saturated carbocycles. The van der Waals surface area contributed by atoms with Gasteiger partial charge in [-0.3, -0.25) is 0 Å². The molecule has 0 aliphatic heterocycles. The highest BCUT2D eigenvalue weighted by molar-refractivity contribution is 5.81. The second-order valence-electron chi connectivity index (χ2n) is 4.58. The molecule has 2 rings (SSSR count). The summed E-state index contributed by atoms with van der Waals surface area (Å²) in [6.07, 6.45) is 1.74. The van der Waals surface area contributed by atoms with Crippen LogP contribution in [0.4, 0.5) is 5.69 Å². The van der Waals surface area contributed by atoms with E-state index in [1.165, 1.54) is 11.1 Å². The highest BCUT2D eigenvalue weighted by atomic mass is 16.3. The maximum atomic E-state index is 5.43. The first-order valence-corrected chi connectivity index (χ1v) is 5.93. The third-order valence-electron chi connectivity index (χ3n) is 2.77. The van der Waals surface area contributed by atoms with Gasteiger partial charge in [0.05, 0.1) is 6.26 Å². The zero-order valence-corrected chi connectivity index (χ0v) is 10.2. The van der Waals surface area contributed by atoms with Crippen LogP contribution in [0, 0.1) is 5.92 Å². The van der Waals surface area contributed by atoms with Crippen LogP contribution in [-0.2, 0) is 0 Å². The van der Waals surface area contributed by atoms with E-state index in [4.69, 9.17) is 4.42 Å². The van der Waals surface area contributed by atoms with E-state index in [0.717, 1.165) is 18.7 Å². The summed E-state index contributed by atoms with van der Waals surface area (Å²) < 4.78 is 5.43. The van der Waals surface area contributed by atoms with Crippen LogP contribution < -0.4 is 4.90 Å². The number of furan rings is 1. The van der Waals surface area contributed by atoms with Gasteiger partial charge in [-0.05, 0) is 31.0 Å². The minimum Gasteiger partial charge on any atom is -0.464 e. The number of anilines is 1. The number of hydrogen-bond donors (Lipinski definition) is 0. The van der Waals surface area contributed by atoms with E-state index in [1.807, 2.05) is 6.07 Å². The van der Waals surface area contributed by atoms with Crippen molar-refractivity contribution >= 4 is 16.7 Å². The van der Waals surface area contributed by atoms with E-state index in [0.29, 0.717) is 5.92 Å². The second kappa shape index (κ2) is 4.60. The molecule has 0 N–H and O–H groups in total. The van der Waals surface area contributed by atoms with Gasteiger partial charge in [0.25, 0.3) is 0 Å². The normalized spacial score (nSPS) is 11.2. The molecule has 2 aromatic rings. The van der Waals surface area contributed by atoms with Gasteiger partial charge >= 0.3 is 0 Å². The molecule has 1 aromatic heterocycles. The van der Waals surface area contributed by atoms with Gasteiger partial charge in [0.15, 0.2) is 0 Å². The summed E-state index contributed by atoms with van der Waals surface area (Å²) in [6, 6.07) is 8.42. The van der Waals surface area contributed by atoms with Crippen molar-refractivity contribution in [3.63, 3.8) is 0 Å². The van der Waals surface area contributed by atoms with E-state index in [9.17, 15) is 0 Å². The van der Waals surface area contributed by atoms with Crippen molar-refractivity contribution in [3.8, 4) is 0 Å². The Hall–Kier alpha value is -1.44. The minimum absolute atomic E-state index is 0.673. The molecule has 86 valence electrons.